The SMILES string of the molecule is CCc1c(N2CCN(C(=O)c3ccccc3NC(=O)c3ccn[nH]3)CC2)c(=O)n2nc(C3=CCOCC3)nc2n1CC(=O)Nc1ccc(C(F)(F)F)cc1Cl. The average molecular weight is 779 g/mol. The number of halogens is 4. The van der Waals surface area contributed by atoms with Crippen LogP contribution in [0.4, 0.5) is 30.2 Å². The number of hydrogen-bond donors (Lipinski definition) is 3. The Balaban J connectivity index is 1.18. The molecule has 0 bridgehead atoms. The molecule has 286 valence electrons. The molecule has 5 heterocycles. The predicted octanol–water partition coefficient (Wildman–Crippen LogP) is 4.51. The monoisotopic (exact) mass is 778 g/mol. The van der Waals surface area contributed by atoms with Crippen LogP contribution in [-0.4, -0.2) is 91.4 Å². The predicted molar refractivity (Wildman–Crippen MR) is 196 cm³/mol. The Hall–Kier alpha value is -6.01. The fourth-order valence-corrected chi connectivity index (χ4v) is 6.80. The molecule has 2 aromatic carbocycles. The zero-order valence-electron chi connectivity index (χ0n) is 29.3. The van der Waals surface area contributed by atoms with Gasteiger partial charge in [0.2, 0.25) is 11.7 Å². The number of carbonyl (C=O) groups is 3. The summed E-state index contributed by atoms with van der Waals surface area (Å²) < 4.78 is 47.9. The van der Waals surface area contributed by atoms with Gasteiger partial charge < -0.3 is 29.7 Å². The number of H-pyrrole nitrogens is 1. The van der Waals surface area contributed by atoms with Gasteiger partial charge in [0.1, 0.15) is 17.9 Å². The molecular weight excluding hydrogens is 745 g/mol. The summed E-state index contributed by atoms with van der Waals surface area (Å²) in [6.07, 6.45) is -0.548. The Morgan fingerprint density at radius 1 is 1.02 bits per heavy atom. The van der Waals surface area contributed by atoms with Crippen LogP contribution >= 0.6 is 11.6 Å². The quantitative estimate of drug-likeness (QED) is 0.195. The number of carbonyl (C=O) groups excluding carboxylic acids is 3. The Morgan fingerprint density at radius 3 is 2.47 bits per heavy atom. The van der Waals surface area contributed by atoms with Crippen LogP contribution in [0.2, 0.25) is 5.02 Å². The normalized spacial score (nSPS) is 14.9. The maximum Gasteiger partial charge on any atom is 0.416 e. The van der Waals surface area contributed by atoms with Gasteiger partial charge in [-0.05, 0) is 54.8 Å². The summed E-state index contributed by atoms with van der Waals surface area (Å²) >= 11 is 6.14. The van der Waals surface area contributed by atoms with Gasteiger partial charge in [0.05, 0.1) is 46.4 Å². The Kier molecular flexibility index (Phi) is 10.4. The van der Waals surface area contributed by atoms with Crippen molar-refractivity contribution in [1.82, 2.24) is 34.3 Å². The first-order valence-electron chi connectivity index (χ1n) is 17.3. The first-order valence-corrected chi connectivity index (χ1v) is 17.7. The second kappa shape index (κ2) is 15.4. The van der Waals surface area contributed by atoms with Crippen molar-refractivity contribution in [2.24, 2.45) is 0 Å². The van der Waals surface area contributed by atoms with E-state index in [9.17, 15) is 32.3 Å². The molecule has 2 aliphatic heterocycles. The van der Waals surface area contributed by atoms with Crippen molar-refractivity contribution >= 4 is 57.7 Å². The average Bonchev–Trinajstić information content (AvgIpc) is 3.89. The minimum absolute atomic E-state index is 0.0206. The molecule has 7 rings (SSSR count). The summed E-state index contributed by atoms with van der Waals surface area (Å²) in [7, 11) is 0. The van der Waals surface area contributed by atoms with Crippen LogP contribution in [-0.2, 0) is 28.7 Å². The first-order chi connectivity index (χ1) is 26.4. The van der Waals surface area contributed by atoms with Gasteiger partial charge in [0, 0.05) is 32.4 Å². The van der Waals surface area contributed by atoms with Crippen LogP contribution in [0.3, 0.4) is 0 Å². The molecule has 0 unspecified atom stereocenters. The Bertz CT molecular complexity index is 2370. The summed E-state index contributed by atoms with van der Waals surface area (Å²) in [5, 5.41) is 16.0. The molecule has 5 aromatic rings. The second-order valence-corrected chi connectivity index (χ2v) is 13.1. The number of para-hydroxylation sites is 1. The Labute approximate surface area is 315 Å². The van der Waals surface area contributed by atoms with Crippen LogP contribution < -0.4 is 21.1 Å². The highest BCUT2D eigenvalue weighted by Crippen LogP contribution is 2.34. The highest BCUT2D eigenvalue weighted by molar-refractivity contribution is 6.33. The number of anilines is 3. The van der Waals surface area contributed by atoms with Crippen molar-refractivity contribution < 1.29 is 32.3 Å². The maximum absolute atomic E-state index is 14.3. The van der Waals surface area contributed by atoms with Crippen LogP contribution in [0, 0.1) is 0 Å². The molecule has 0 spiro atoms. The fourth-order valence-electron chi connectivity index (χ4n) is 6.58. The zero-order chi connectivity index (χ0) is 38.9. The van der Waals surface area contributed by atoms with Gasteiger partial charge in [-0.1, -0.05) is 36.7 Å². The molecule has 15 nitrogen and oxygen atoms in total. The lowest BCUT2D eigenvalue weighted by atomic mass is 10.1. The number of aromatic amines is 1. The van der Waals surface area contributed by atoms with Crippen molar-refractivity contribution in [3.05, 3.63) is 105 Å². The molecule has 1 fully saturated rings. The van der Waals surface area contributed by atoms with Crippen molar-refractivity contribution in [1.29, 1.82) is 0 Å². The number of alkyl halides is 3. The van der Waals surface area contributed by atoms with E-state index < -0.39 is 29.1 Å². The first kappa shape index (κ1) is 37.3. The smallest absolute Gasteiger partial charge is 0.377 e. The summed E-state index contributed by atoms with van der Waals surface area (Å²) in [6, 6.07) is 10.8. The van der Waals surface area contributed by atoms with E-state index in [1.165, 1.54) is 12.3 Å². The third-order valence-corrected chi connectivity index (χ3v) is 9.63. The van der Waals surface area contributed by atoms with Crippen LogP contribution in [0.1, 0.15) is 51.3 Å². The molecule has 3 amide bonds. The number of fused-ring (bicyclic) bond motifs is 1. The molecule has 3 aromatic heterocycles. The summed E-state index contributed by atoms with van der Waals surface area (Å²) in [4.78, 5) is 62.5. The highest BCUT2D eigenvalue weighted by Gasteiger charge is 2.32. The molecule has 0 saturated carbocycles. The number of hydrogen-bond acceptors (Lipinski definition) is 9. The van der Waals surface area contributed by atoms with Crippen molar-refractivity contribution in [3.8, 4) is 0 Å². The Morgan fingerprint density at radius 2 is 1.80 bits per heavy atom. The molecule has 0 aliphatic carbocycles. The number of nitrogens with zero attached hydrogens (tertiary/aromatic N) is 7. The molecule has 2 aliphatic rings. The lowest BCUT2D eigenvalue weighted by molar-refractivity contribution is -0.137. The van der Waals surface area contributed by atoms with Gasteiger partial charge in [-0.2, -0.15) is 27.8 Å². The van der Waals surface area contributed by atoms with Gasteiger partial charge in [-0.3, -0.25) is 24.3 Å². The summed E-state index contributed by atoms with van der Waals surface area (Å²) in [5.41, 5.74) is 0.916. The largest absolute Gasteiger partial charge is 0.416 e. The van der Waals surface area contributed by atoms with Gasteiger partial charge in [-0.15, -0.1) is 5.10 Å². The van der Waals surface area contributed by atoms with Crippen molar-refractivity contribution in [3.63, 3.8) is 0 Å². The van der Waals surface area contributed by atoms with Crippen molar-refractivity contribution in [2.75, 3.05) is 54.9 Å². The minimum Gasteiger partial charge on any atom is -0.377 e. The van der Waals surface area contributed by atoms with Crippen LogP contribution in [0.15, 0.2) is 65.6 Å². The third-order valence-electron chi connectivity index (χ3n) is 9.32. The molecule has 55 heavy (non-hydrogen) atoms. The lowest BCUT2D eigenvalue weighted by Gasteiger charge is -2.37. The minimum atomic E-state index is -4.62. The zero-order valence-corrected chi connectivity index (χ0v) is 30.1. The molecule has 1 saturated heterocycles. The van der Waals surface area contributed by atoms with Crippen LogP contribution in [0.25, 0.3) is 11.4 Å². The molecular formula is C36H34ClF3N10O5. The number of piperazine rings is 1. The highest BCUT2D eigenvalue weighted by atomic mass is 35.5. The van der Waals surface area contributed by atoms with E-state index in [-0.39, 0.29) is 72.9 Å². The molecule has 0 atom stereocenters. The molecule has 0 radical (unpaired) electrons. The number of amides is 3. The molecule has 19 heteroatoms. The number of ether oxygens (including phenoxy) is 1. The topological polar surface area (TPSA) is 172 Å². The van der Waals surface area contributed by atoms with Gasteiger partial charge >= 0.3 is 6.18 Å². The van der Waals surface area contributed by atoms with E-state index in [1.54, 1.807) is 33.7 Å². The maximum atomic E-state index is 14.3. The molecule has 3 N–H and O–H groups in total. The van der Waals surface area contributed by atoms with E-state index >= 15 is 0 Å². The van der Waals surface area contributed by atoms with E-state index in [2.05, 4.69) is 30.9 Å². The number of benzene rings is 2. The standard InChI is InChI=1S/C36H34ClF3N10O5/c1-2-28-30(47-13-15-48(16-14-47)33(53)23-5-3-4-6-25(23)43-32(52)27-9-12-41-45-27)34(54)50-35(44-31(46-50)21-10-17-55-18-11-21)49(28)20-29(51)42-26-8-7-22(19-24(26)37)36(38,39)40/h3-10,12,19H,2,11,13-18,20H2,1H3,(H,41,45)(H,42,51)(H,43,52). The number of rotatable bonds is 9. The lowest BCUT2D eigenvalue weighted by Crippen LogP contribution is -2.51. The number of nitrogens with one attached hydrogen (secondary N) is 3. The van der Waals surface area contributed by atoms with E-state index in [0.29, 0.717) is 42.4 Å². The number of aromatic nitrogens is 6. The van der Waals surface area contributed by atoms with Gasteiger partial charge in [0.15, 0.2) is 5.82 Å². The van der Waals surface area contributed by atoms with E-state index in [4.69, 9.17) is 16.3 Å². The van der Waals surface area contributed by atoms with Crippen LogP contribution in [0.5, 0.6) is 0 Å². The van der Waals surface area contributed by atoms with Crippen molar-refractivity contribution in [2.45, 2.75) is 32.5 Å². The summed E-state index contributed by atoms with van der Waals surface area (Å²) in [6.45, 7) is 3.19. The third kappa shape index (κ3) is 7.68. The summed E-state index contributed by atoms with van der Waals surface area (Å²) in [5.74, 6) is -0.997. The second-order valence-electron chi connectivity index (χ2n) is 12.7. The van der Waals surface area contributed by atoms with E-state index in [0.717, 1.165) is 28.3 Å². The van der Waals surface area contributed by atoms with Gasteiger partial charge in [0.25, 0.3) is 17.4 Å². The van der Waals surface area contributed by atoms with Gasteiger partial charge in [-0.25, -0.2) is 0 Å². The fraction of sp³-hybridized carbons (Fsp3) is 0.306. The van der Waals surface area contributed by atoms with E-state index in [1.807, 2.05) is 17.9 Å².